The topological polar surface area (TPSA) is 41.3 Å². The van der Waals surface area contributed by atoms with Crippen molar-refractivity contribution in [2.24, 2.45) is 0 Å². The molecule has 4 heteroatoms. The maximum absolute atomic E-state index is 9.02. The Balaban J connectivity index is 1.94. The second kappa shape index (κ2) is 7.90. The first-order chi connectivity index (χ1) is 11.8. The van der Waals surface area contributed by atoms with E-state index in [9.17, 15) is 0 Å². The molecule has 0 fully saturated rings. The van der Waals surface area contributed by atoms with Gasteiger partial charge in [-0.1, -0.05) is 48.5 Å². The van der Waals surface area contributed by atoms with Crippen LogP contribution in [0.5, 0.6) is 0 Å². The summed E-state index contributed by atoms with van der Waals surface area (Å²) in [6.45, 7) is 1.89. The van der Waals surface area contributed by atoms with Crippen LogP contribution in [-0.2, 0) is 6.54 Å². The molecule has 3 aromatic rings. The maximum atomic E-state index is 9.02. The summed E-state index contributed by atoms with van der Waals surface area (Å²) in [5.74, 6) is 0. The Hall–Kier alpha value is -2.43. The minimum absolute atomic E-state index is 0.221. The molecule has 0 radical (unpaired) electrons. The number of nitrogens with zero attached hydrogens (tertiary/aromatic N) is 3. The Kier molecular flexibility index (Phi) is 5.41. The van der Waals surface area contributed by atoms with Crippen molar-refractivity contribution in [3.63, 3.8) is 0 Å². The fourth-order valence-corrected chi connectivity index (χ4v) is 2.79. The molecule has 24 heavy (non-hydrogen) atoms. The molecule has 0 bridgehead atoms. The van der Waals surface area contributed by atoms with Crippen molar-refractivity contribution < 1.29 is 5.11 Å². The summed E-state index contributed by atoms with van der Waals surface area (Å²) in [5.41, 5.74) is 4.37. The van der Waals surface area contributed by atoms with Crippen molar-refractivity contribution in [2.45, 2.75) is 13.0 Å². The molecule has 0 unspecified atom stereocenters. The zero-order valence-electron chi connectivity index (χ0n) is 14.0. The molecule has 0 aliphatic heterocycles. The Morgan fingerprint density at radius 3 is 2.33 bits per heavy atom. The van der Waals surface area contributed by atoms with Crippen molar-refractivity contribution >= 4 is 0 Å². The molecule has 0 spiro atoms. The average molecular weight is 321 g/mol. The van der Waals surface area contributed by atoms with E-state index < -0.39 is 0 Å². The van der Waals surface area contributed by atoms with Gasteiger partial charge in [0.05, 0.1) is 11.4 Å². The number of para-hydroxylation sites is 1. The van der Waals surface area contributed by atoms with E-state index in [4.69, 9.17) is 10.2 Å². The lowest BCUT2D eigenvalue weighted by molar-refractivity contribution is 0.244. The first kappa shape index (κ1) is 16.4. The second-order valence-corrected chi connectivity index (χ2v) is 5.96. The van der Waals surface area contributed by atoms with Crippen molar-refractivity contribution in [3.05, 3.63) is 72.4 Å². The van der Waals surface area contributed by atoms with Gasteiger partial charge in [-0.3, -0.25) is 0 Å². The Morgan fingerprint density at radius 2 is 1.67 bits per heavy atom. The molecular weight excluding hydrogens is 298 g/mol. The molecule has 0 saturated heterocycles. The van der Waals surface area contributed by atoms with E-state index in [0.29, 0.717) is 0 Å². The number of benzene rings is 2. The van der Waals surface area contributed by atoms with Crippen molar-refractivity contribution in [3.8, 4) is 16.9 Å². The zero-order valence-corrected chi connectivity index (χ0v) is 14.0. The summed E-state index contributed by atoms with van der Waals surface area (Å²) in [7, 11) is 2.07. The van der Waals surface area contributed by atoms with Gasteiger partial charge in [-0.05, 0) is 25.6 Å². The van der Waals surface area contributed by atoms with Crippen LogP contribution in [0.4, 0.5) is 0 Å². The summed E-state index contributed by atoms with van der Waals surface area (Å²) in [6.07, 6.45) is 2.89. The second-order valence-electron chi connectivity index (χ2n) is 5.96. The Labute approximate surface area is 143 Å². The molecule has 1 heterocycles. The first-order valence-corrected chi connectivity index (χ1v) is 8.26. The van der Waals surface area contributed by atoms with Crippen molar-refractivity contribution in [2.75, 3.05) is 20.2 Å². The molecule has 0 atom stereocenters. The van der Waals surface area contributed by atoms with E-state index in [0.717, 1.165) is 36.5 Å². The Morgan fingerprint density at radius 1 is 1.00 bits per heavy atom. The number of rotatable bonds is 7. The number of aromatic nitrogens is 2. The lowest BCUT2D eigenvalue weighted by atomic mass is 10.1. The minimum Gasteiger partial charge on any atom is -0.396 e. The smallest absolute Gasteiger partial charge is 0.0972 e. The standard InChI is InChI=1S/C20H23N3O/c1-22(13-8-14-24)15-18-16-23(19-11-6-3-7-12-19)21-20(18)17-9-4-2-5-10-17/h2-7,9-12,16,24H,8,13-15H2,1H3. The highest BCUT2D eigenvalue weighted by Crippen LogP contribution is 2.24. The quantitative estimate of drug-likeness (QED) is 0.725. The summed E-state index contributed by atoms with van der Waals surface area (Å²) in [6, 6.07) is 20.4. The van der Waals surface area contributed by atoms with Crippen LogP contribution in [0.15, 0.2) is 66.9 Å². The summed E-state index contributed by atoms with van der Waals surface area (Å²) in [4.78, 5) is 2.22. The third kappa shape index (κ3) is 3.91. The molecule has 0 amide bonds. The van der Waals surface area contributed by atoms with Crippen LogP contribution in [0.3, 0.4) is 0 Å². The molecule has 0 aliphatic carbocycles. The van der Waals surface area contributed by atoms with E-state index in [1.54, 1.807) is 0 Å². The molecule has 0 aliphatic rings. The number of aliphatic hydroxyl groups excluding tert-OH is 1. The van der Waals surface area contributed by atoms with E-state index >= 15 is 0 Å². The van der Waals surface area contributed by atoms with Gasteiger partial charge >= 0.3 is 0 Å². The monoisotopic (exact) mass is 321 g/mol. The van der Waals surface area contributed by atoms with Crippen molar-refractivity contribution in [1.82, 2.24) is 14.7 Å². The van der Waals surface area contributed by atoms with Crippen molar-refractivity contribution in [1.29, 1.82) is 0 Å². The van der Waals surface area contributed by atoms with Gasteiger partial charge in [0.15, 0.2) is 0 Å². The third-order valence-corrected chi connectivity index (χ3v) is 4.00. The predicted molar refractivity (Wildman–Crippen MR) is 97.0 cm³/mol. The van der Waals surface area contributed by atoms with Crippen LogP contribution in [0.25, 0.3) is 16.9 Å². The molecule has 3 rings (SSSR count). The van der Waals surface area contributed by atoms with Gasteiger partial charge in [0, 0.05) is 37.0 Å². The minimum atomic E-state index is 0.221. The average Bonchev–Trinajstić information content (AvgIpc) is 3.05. The lowest BCUT2D eigenvalue weighted by Crippen LogP contribution is -2.20. The maximum Gasteiger partial charge on any atom is 0.0972 e. The number of hydrogen-bond acceptors (Lipinski definition) is 3. The fourth-order valence-electron chi connectivity index (χ4n) is 2.79. The van der Waals surface area contributed by atoms with Gasteiger partial charge in [0.1, 0.15) is 0 Å². The van der Waals surface area contributed by atoms with Crippen LogP contribution in [-0.4, -0.2) is 40.0 Å². The highest BCUT2D eigenvalue weighted by atomic mass is 16.3. The van der Waals surface area contributed by atoms with E-state index in [-0.39, 0.29) is 6.61 Å². The fraction of sp³-hybridized carbons (Fsp3) is 0.250. The Bertz CT molecular complexity index is 753. The summed E-state index contributed by atoms with van der Waals surface area (Å²) < 4.78 is 1.94. The summed E-state index contributed by atoms with van der Waals surface area (Å²) in [5, 5.41) is 13.8. The number of aliphatic hydroxyl groups is 1. The molecule has 1 aromatic heterocycles. The van der Waals surface area contributed by atoms with Gasteiger partial charge in [-0.2, -0.15) is 5.10 Å². The van der Waals surface area contributed by atoms with Gasteiger partial charge in [-0.25, -0.2) is 4.68 Å². The largest absolute Gasteiger partial charge is 0.396 e. The molecule has 2 aromatic carbocycles. The molecule has 124 valence electrons. The zero-order chi connectivity index (χ0) is 16.8. The van der Waals surface area contributed by atoms with E-state index in [1.165, 1.54) is 5.56 Å². The highest BCUT2D eigenvalue weighted by Gasteiger charge is 2.13. The SMILES string of the molecule is CN(CCCO)Cc1cn(-c2ccccc2)nc1-c1ccccc1. The van der Waals surface area contributed by atoms with Gasteiger partial charge < -0.3 is 10.0 Å². The van der Waals surface area contributed by atoms with E-state index in [1.807, 2.05) is 41.1 Å². The van der Waals surface area contributed by atoms with Gasteiger partial charge in [0.2, 0.25) is 0 Å². The number of hydrogen-bond donors (Lipinski definition) is 1. The van der Waals surface area contributed by atoms with Crippen LogP contribution in [0.1, 0.15) is 12.0 Å². The molecule has 1 N–H and O–H groups in total. The highest BCUT2D eigenvalue weighted by molar-refractivity contribution is 5.63. The first-order valence-electron chi connectivity index (χ1n) is 8.26. The van der Waals surface area contributed by atoms with E-state index in [2.05, 4.69) is 42.4 Å². The summed E-state index contributed by atoms with van der Waals surface area (Å²) >= 11 is 0. The van der Waals surface area contributed by atoms with Gasteiger partial charge in [0.25, 0.3) is 0 Å². The molecule has 0 saturated carbocycles. The van der Waals surface area contributed by atoms with Crippen LogP contribution < -0.4 is 0 Å². The van der Waals surface area contributed by atoms with Crippen LogP contribution >= 0.6 is 0 Å². The van der Waals surface area contributed by atoms with Crippen LogP contribution in [0.2, 0.25) is 0 Å². The molecule has 4 nitrogen and oxygen atoms in total. The third-order valence-electron chi connectivity index (χ3n) is 4.00. The normalized spacial score (nSPS) is 11.1. The molecular formula is C20H23N3O. The van der Waals surface area contributed by atoms with Crippen LogP contribution in [0, 0.1) is 0 Å². The lowest BCUT2D eigenvalue weighted by Gasteiger charge is -2.15. The van der Waals surface area contributed by atoms with Gasteiger partial charge in [-0.15, -0.1) is 0 Å². The predicted octanol–water partition coefficient (Wildman–Crippen LogP) is 3.35.